The van der Waals surface area contributed by atoms with Crippen molar-refractivity contribution < 1.29 is 8.42 Å². The van der Waals surface area contributed by atoms with E-state index in [1.807, 2.05) is 19.1 Å². The number of sulfonamides is 1. The van der Waals surface area contributed by atoms with Gasteiger partial charge < -0.3 is 5.32 Å². The second-order valence-electron chi connectivity index (χ2n) is 5.81. The van der Waals surface area contributed by atoms with Gasteiger partial charge in [-0.15, -0.1) is 0 Å². The first-order valence-corrected chi connectivity index (χ1v) is 8.78. The standard InChI is InChI=1S/C14H21N3O2S/c1-11-14-9-16-8-13(14)10-17(11)20(18,19)7-4-12-2-5-15-6-3-12/h2-3,5-6,11,13-14,16H,4,7-10H2,1H3. The van der Waals surface area contributed by atoms with Crippen LogP contribution in [0.4, 0.5) is 0 Å². The molecule has 0 aromatic carbocycles. The molecule has 1 aromatic heterocycles. The van der Waals surface area contributed by atoms with Crippen molar-refractivity contribution in [2.75, 3.05) is 25.4 Å². The van der Waals surface area contributed by atoms with Gasteiger partial charge in [0.2, 0.25) is 10.0 Å². The fraction of sp³-hybridized carbons (Fsp3) is 0.643. The minimum absolute atomic E-state index is 0.123. The summed E-state index contributed by atoms with van der Waals surface area (Å²) in [5, 5.41) is 3.36. The summed E-state index contributed by atoms with van der Waals surface area (Å²) in [5.74, 6) is 1.15. The molecule has 5 nitrogen and oxygen atoms in total. The van der Waals surface area contributed by atoms with Crippen LogP contribution < -0.4 is 5.32 Å². The second kappa shape index (κ2) is 5.42. The van der Waals surface area contributed by atoms with Gasteiger partial charge in [-0.3, -0.25) is 4.98 Å². The maximum Gasteiger partial charge on any atom is 0.214 e. The number of nitrogens with zero attached hydrogens (tertiary/aromatic N) is 2. The number of fused-ring (bicyclic) bond motifs is 1. The van der Waals surface area contributed by atoms with Gasteiger partial charge in [-0.2, -0.15) is 4.31 Å². The van der Waals surface area contributed by atoms with E-state index in [-0.39, 0.29) is 11.8 Å². The van der Waals surface area contributed by atoms with Gasteiger partial charge in [-0.05, 0) is 56.0 Å². The molecule has 2 fully saturated rings. The molecule has 1 aromatic rings. The third-order valence-electron chi connectivity index (χ3n) is 4.64. The number of nitrogens with one attached hydrogen (secondary N) is 1. The third-order valence-corrected chi connectivity index (χ3v) is 6.55. The molecule has 6 heteroatoms. The number of pyridine rings is 1. The Balaban J connectivity index is 1.67. The Bertz CT molecular complexity index is 561. The fourth-order valence-corrected chi connectivity index (χ4v) is 5.22. The highest BCUT2D eigenvalue weighted by Crippen LogP contribution is 2.34. The first kappa shape index (κ1) is 14.0. The van der Waals surface area contributed by atoms with Crippen LogP contribution in [-0.2, 0) is 16.4 Å². The number of rotatable bonds is 4. The molecule has 2 aliphatic rings. The van der Waals surface area contributed by atoms with E-state index in [4.69, 9.17) is 0 Å². The molecule has 3 atom stereocenters. The van der Waals surface area contributed by atoms with Crippen molar-refractivity contribution in [3.63, 3.8) is 0 Å². The quantitative estimate of drug-likeness (QED) is 0.878. The number of hydrogen-bond donors (Lipinski definition) is 1. The van der Waals surface area contributed by atoms with E-state index in [1.165, 1.54) is 0 Å². The van der Waals surface area contributed by atoms with E-state index in [9.17, 15) is 8.42 Å². The summed E-state index contributed by atoms with van der Waals surface area (Å²) in [4.78, 5) is 3.95. The summed E-state index contributed by atoms with van der Waals surface area (Å²) in [6.45, 7) is 4.62. The molecule has 0 radical (unpaired) electrons. The van der Waals surface area contributed by atoms with Crippen LogP contribution in [0, 0.1) is 11.8 Å². The van der Waals surface area contributed by atoms with Crippen molar-refractivity contribution in [2.24, 2.45) is 11.8 Å². The van der Waals surface area contributed by atoms with Crippen molar-refractivity contribution in [2.45, 2.75) is 19.4 Å². The molecule has 2 aliphatic heterocycles. The van der Waals surface area contributed by atoms with Crippen molar-refractivity contribution in [1.29, 1.82) is 0 Å². The van der Waals surface area contributed by atoms with Gasteiger partial charge in [0.15, 0.2) is 0 Å². The summed E-state index contributed by atoms with van der Waals surface area (Å²) < 4.78 is 26.8. The number of aromatic nitrogens is 1. The lowest BCUT2D eigenvalue weighted by atomic mass is 9.95. The highest BCUT2D eigenvalue weighted by atomic mass is 32.2. The minimum Gasteiger partial charge on any atom is -0.316 e. The average Bonchev–Trinajstić information content (AvgIpc) is 3.02. The summed E-state index contributed by atoms with van der Waals surface area (Å²) in [6, 6.07) is 3.88. The van der Waals surface area contributed by atoms with Crippen LogP contribution in [0.5, 0.6) is 0 Å². The number of aryl methyl sites for hydroxylation is 1. The summed E-state index contributed by atoms with van der Waals surface area (Å²) in [6.07, 6.45) is 3.97. The van der Waals surface area contributed by atoms with Crippen LogP contribution in [0.1, 0.15) is 12.5 Å². The molecule has 2 saturated heterocycles. The highest BCUT2D eigenvalue weighted by Gasteiger charge is 2.46. The largest absolute Gasteiger partial charge is 0.316 e. The zero-order valence-electron chi connectivity index (χ0n) is 11.7. The van der Waals surface area contributed by atoms with Gasteiger partial charge in [-0.25, -0.2) is 8.42 Å². The van der Waals surface area contributed by atoms with Crippen LogP contribution in [0.3, 0.4) is 0 Å². The van der Waals surface area contributed by atoms with Gasteiger partial charge in [-0.1, -0.05) is 0 Å². The smallest absolute Gasteiger partial charge is 0.214 e. The lowest BCUT2D eigenvalue weighted by Gasteiger charge is -2.23. The van der Waals surface area contributed by atoms with Gasteiger partial charge >= 0.3 is 0 Å². The van der Waals surface area contributed by atoms with Crippen molar-refractivity contribution in [3.05, 3.63) is 30.1 Å². The molecule has 0 amide bonds. The van der Waals surface area contributed by atoms with Gasteiger partial charge in [0, 0.05) is 25.0 Å². The fourth-order valence-electron chi connectivity index (χ4n) is 3.41. The molecule has 20 heavy (non-hydrogen) atoms. The molecule has 3 rings (SSSR count). The van der Waals surface area contributed by atoms with E-state index in [2.05, 4.69) is 10.3 Å². The molecule has 0 spiro atoms. The zero-order valence-corrected chi connectivity index (χ0v) is 12.5. The van der Waals surface area contributed by atoms with E-state index in [0.717, 1.165) is 18.7 Å². The summed E-state index contributed by atoms with van der Waals surface area (Å²) in [5.41, 5.74) is 1.03. The van der Waals surface area contributed by atoms with Crippen LogP contribution in [-0.4, -0.2) is 49.1 Å². The van der Waals surface area contributed by atoms with E-state index in [0.29, 0.717) is 24.8 Å². The van der Waals surface area contributed by atoms with E-state index < -0.39 is 10.0 Å². The molecule has 3 unspecified atom stereocenters. The van der Waals surface area contributed by atoms with E-state index in [1.54, 1.807) is 16.7 Å². The SMILES string of the molecule is CC1C2CNCC2CN1S(=O)(=O)CCc1ccncc1. The second-order valence-corrected chi connectivity index (χ2v) is 7.86. The molecule has 0 saturated carbocycles. The highest BCUT2D eigenvalue weighted by molar-refractivity contribution is 7.89. The average molecular weight is 295 g/mol. The van der Waals surface area contributed by atoms with Gasteiger partial charge in [0.05, 0.1) is 5.75 Å². The third kappa shape index (κ3) is 2.60. The minimum atomic E-state index is -3.16. The van der Waals surface area contributed by atoms with Crippen LogP contribution in [0.25, 0.3) is 0 Å². The Kier molecular flexibility index (Phi) is 3.79. The van der Waals surface area contributed by atoms with Crippen molar-refractivity contribution in [1.82, 2.24) is 14.6 Å². The first-order valence-electron chi connectivity index (χ1n) is 7.17. The Morgan fingerprint density at radius 1 is 1.35 bits per heavy atom. The van der Waals surface area contributed by atoms with Gasteiger partial charge in [0.1, 0.15) is 0 Å². The van der Waals surface area contributed by atoms with Crippen LogP contribution in [0.2, 0.25) is 0 Å². The van der Waals surface area contributed by atoms with Crippen LogP contribution >= 0.6 is 0 Å². The summed E-state index contributed by atoms with van der Waals surface area (Å²) in [7, 11) is -3.16. The Hall–Kier alpha value is -0.980. The van der Waals surface area contributed by atoms with Gasteiger partial charge in [0.25, 0.3) is 0 Å². The normalized spacial score (nSPS) is 30.6. The Morgan fingerprint density at radius 3 is 2.80 bits per heavy atom. The predicted molar refractivity (Wildman–Crippen MR) is 77.7 cm³/mol. The molecule has 0 bridgehead atoms. The Morgan fingerprint density at radius 2 is 2.10 bits per heavy atom. The maximum absolute atomic E-state index is 12.5. The molecular formula is C14H21N3O2S. The topological polar surface area (TPSA) is 62.3 Å². The van der Waals surface area contributed by atoms with Crippen molar-refractivity contribution >= 4 is 10.0 Å². The number of hydrogen-bond acceptors (Lipinski definition) is 4. The monoisotopic (exact) mass is 295 g/mol. The van der Waals surface area contributed by atoms with E-state index >= 15 is 0 Å². The molecular weight excluding hydrogens is 274 g/mol. The lowest BCUT2D eigenvalue weighted by molar-refractivity contribution is 0.360. The lowest BCUT2D eigenvalue weighted by Crippen LogP contribution is -2.39. The molecule has 1 N–H and O–H groups in total. The summed E-state index contributed by atoms with van der Waals surface area (Å²) >= 11 is 0. The first-order chi connectivity index (χ1) is 9.58. The predicted octanol–water partition coefficient (Wildman–Crippen LogP) is 0.494. The Labute approximate surface area is 120 Å². The zero-order chi connectivity index (χ0) is 14.2. The molecule has 3 heterocycles. The molecule has 110 valence electrons. The van der Waals surface area contributed by atoms with Crippen LogP contribution in [0.15, 0.2) is 24.5 Å². The molecule has 0 aliphatic carbocycles. The van der Waals surface area contributed by atoms with Crippen molar-refractivity contribution in [3.8, 4) is 0 Å². The maximum atomic E-state index is 12.5.